The Hall–Kier alpha value is -1.10. The van der Waals surface area contributed by atoms with Crippen LogP contribution in [0, 0.1) is 5.92 Å². The van der Waals surface area contributed by atoms with Gasteiger partial charge in [0.2, 0.25) is 5.54 Å². The molecule has 0 spiro atoms. The number of carboxylic acid groups (broad SMARTS) is 1. The number of carbonyl (C=O) groups excluding carboxylic acids is 1. The van der Waals surface area contributed by atoms with Gasteiger partial charge in [0.15, 0.2) is 0 Å². The highest BCUT2D eigenvalue weighted by molar-refractivity contribution is 6.04. The monoisotopic (exact) mass is 273 g/mol. The summed E-state index contributed by atoms with van der Waals surface area (Å²) in [4.78, 5) is 25.4. The molecule has 0 unspecified atom stereocenters. The number of nitrogens with zero attached hydrogens (tertiary/aromatic N) is 1. The molecule has 0 aliphatic carbocycles. The molecule has 5 nitrogen and oxygen atoms in total. The predicted molar refractivity (Wildman–Crippen MR) is 74.0 cm³/mol. The van der Waals surface area contributed by atoms with Gasteiger partial charge in [-0.1, -0.05) is 33.6 Å². The lowest BCUT2D eigenvalue weighted by Gasteiger charge is -2.36. The summed E-state index contributed by atoms with van der Waals surface area (Å²) in [6, 6.07) is 0. The van der Waals surface area contributed by atoms with Gasteiger partial charge in [0.05, 0.1) is 7.11 Å². The number of hydrogen-bond donors (Lipinski definition) is 1. The van der Waals surface area contributed by atoms with E-state index < -0.39 is 17.5 Å². The van der Waals surface area contributed by atoms with Crippen LogP contribution in [-0.2, 0) is 14.3 Å². The fraction of sp³-hybridized carbons (Fsp3) is 0.857. The summed E-state index contributed by atoms with van der Waals surface area (Å²) in [5.74, 6) is -1.73. The van der Waals surface area contributed by atoms with E-state index in [4.69, 9.17) is 4.74 Å². The Balaban J connectivity index is 5.19. The van der Waals surface area contributed by atoms with Gasteiger partial charge in [0, 0.05) is 0 Å². The second-order valence-electron chi connectivity index (χ2n) is 5.38. The lowest BCUT2D eigenvalue weighted by Crippen LogP contribution is -2.60. The summed E-state index contributed by atoms with van der Waals surface area (Å²) >= 11 is 0. The van der Waals surface area contributed by atoms with Crippen LogP contribution < -0.4 is 0 Å². The summed E-state index contributed by atoms with van der Waals surface area (Å²) in [6.45, 7) is 6.46. The van der Waals surface area contributed by atoms with Crippen LogP contribution in [0.2, 0.25) is 0 Å². The summed E-state index contributed by atoms with van der Waals surface area (Å²) < 4.78 is 4.74. The maximum absolute atomic E-state index is 12.0. The van der Waals surface area contributed by atoms with Gasteiger partial charge >= 0.3 is 11.9 Å². The number of esters is 1. The van der Waals surface area contributed by atoms with E-state index in [1.807, 2.05) is 13.8 Å². The molecule has 0 aromatic heterocycles. The van der Waals surface area contributed by atoms with Gasteiger partial charge < -0.3 is 9.84 Å². The van der Waals surface area contributed by atoms with E-state index in [1.165, 1.54) is 7.11 Å². The predicted octanol–water partition coefficient (Wildman–Crippen LogP) is 2.15. The van der Waals surface area contributed by atoms with Crippen molar-refractivity contribution in [3.05, 3.63) is 0 Å². The average molecular weight is 273 g/mol. The number of likely N-dealkylation sites (N-methyl/N-ethyl adjacent to an activating group) is 1. The van der Waals surface area contributed by atoms with Gasteiger partial charge in [-0.05, 0) is 32.4 Å². The lowest BCUT2D eigenvalue weighted by molar-refractivity contribution is -0.170. The Morgan fingerprint density at radius 1 is 1.32 bits per heavy atom. The standard InChI is InChI=1S/C14H27NO4/c1-6-7-8-9-15(4)14(12(16)17,10-11(2)3)13(18)19-5/h11H,6-10H2,1-5H3,(H,16,17)/t14-/m0/s1. The average Bonchev–Trinajstić information content (AvgIpc) is 2.34. The zero-order valence-corrected chi connectivity index (χ0v) is 12.7. The van der Waals surface area contributed by atoms with Crippen molar-refractivity contribution in [2.75, 3.05) is 20.7 Å². The molecule has 0 saturated carbocycles. The molecule has 0 aromatic carbocycles. The Morgan fingerprint density at radius 3 is 2.26 bits per heavy atom. The molecule has 0 aliphatic rings. The number of carbonyl (C=O) groups is 2. The van der Waals surface area contributed by atoms with Crippen molar-refractivity contribution in [3.63, 3.8) is 0 Å². The van der Waals surface area contributed by atoms with Crippen molar-refractivity contribution in [3.8, 4) is 0 Å². The smallest absolute Gasteiger partial charge is 0.338 e. The highest BCUT2D eigenvalue weighted by Crippen LogP contribution is 2.26. The van der Waals surface area contributed by atoms with E-state index in [9.17, 15) is 14.7 Å². The molecule has 0 aliphatic heterocycles. The van der Waals surface area contributed by atoms with Crippen molar-refractivity contribution in [2.24, 2.45) is 5.92 Å². The fourth-order valence-electron chi connectivity index (χ4n) is 2.28. The van der Waals surface area contributed by atoms with E-state index in [1.54, 1.807) is 11.9 Å². The fourth-order valence-corrected chi connectivity index (χ4v) is 2.28. The molecule has 1 N–H and O–H groups in total. The molecule has 5 heteroatoms. The summed E-state index contributed by atoms with van der Waals surface area (Å²) in [5, 5.41) is 9.56. The largest absolute Gasteiger partial charge is 0.479 e. The molecule has 0 heterocycles. The van der Waals surface area contributed by atoms with Gasteiger partial charge in [-0.15, -0.1) is 0 Å². The molecule has 0 bridgehead atoms. The van der Waals surface area contributed by atoms with Crippen LogP contribution in [0.25, 0.3) is 0 Å². The second-order valence-corrected chi connectivity index (χ2v) is 5.38. The molecule has 19 heavy (non-hydrogen) atoms. The summed E-state index contributed by atoms with van der Waals surface area (Å²) in [5.41, 5.74) is -1.57. The Bertz CT molecular complexity index is 304. The quantitative estimate of drug-likeness (QED) is 0.396. The number of carboxylic acids is 1. The van der Waals surface area contributed by atoms with Crippen molar-refractivity contribution in [1.29, 1.82) is 0 Å². The zero-order chi connectivity index (χ0) is 15.1. The zero-order valence-electron chi connectivity index (χ0n) is 12.7. The van der Waals surface area contributed by atoms with E-state index in [0.29, 0.717) is 6.54 Å². The first kappa shape index (κ1) is 17.9. The van der Waals surface area contributed by atoms with Crippen LogP contribution in [0.3, 0.4) is 0 Å². The first-order valence-corrected chi connectivity index (χ1v) is 6.85. The minimum atomic E-state index is -1.57. The second kappa shape index (κ2) is 8.15. The number of unbranched alkanes of at least 4 members (excludes halogenated alkanes) is 2. The van der Waals surface area contributed by atoms with Crippen molar-refractivity contribution in [1.82, 2.24) is 4.90 Å². The Morgan fingerprint density at radius 2 is 1.89 bits per heavy atom. The number of aliphatic carboxylic acids is 1. The molecule has 0 aromatic rings. The minimum Gasteiger partial charge on any atom is -0.479 e. The Kier molecular flexibility index (Phi) is 7.68. The SMILES string of the molecule is CCCCCN(C)[C@@](CC(C)C)(C(=O)O)C(=O)OC. The van der Waals surface area contributed by atoms with Crippen LogP contribution >= 0.6 is 0 Å². The van der Waals surface area contributed by atoms with Crippen LogP contribution in [-0.4, -0.2) is 48.2 Å². The van der Waals surface area contributed by atoms with E-state index in [2.05, 4.69) is 6.92 Å². The highest BCUT2D eigenvalue weighted by atomic mass is 16.5. The first-order chi connectivity index (χ1) is 8.82. The molecule has 1 atom stereocenters. The maximum Gasteiger partial charge on any atom is 0.338 e. The minimum absolute atomic E-state index is 0.0869. The molecule has 0 saturated heterocycles. The topological polar surface area (TPSA) is 66.8 Å². The summed E-state index contributed by atoms with van der Waals surface area (Å²) in [7, 11) is 2.92. The molecule has 0 amide bonds. The molecule has 112 valence electrons. The van der Waals surface area contributed by atoms with Gasteiger partial charge in [-0.2, -0.15) is 0 Å². The highest BCUT2D eigenvalue weighted by Gasteiger charge is 2.51. The third-order valence-corrected chi connectivity index (χ3v) is 3.33. The molecule has 0 rings (SSSR count). The van der Waals surface area contributed by atoms with E-state index >= 15 is 0 Å². The molecule has 0 radical (unpaired) electrons. The van der Waals surface area contributed by atoms with Gasteiger partial charge in [0.1, 0.15) is 0 Å². The first-order valence-electron chi connectivity index (χ1n) is 6.85. The van der Waals surface area contributed by atoms with E-state index in [-0.39, 0.29) is 12.3 Å². The third kappa shape index (κ3) is 4.49. The summed E-state index contributed by atoms with van der Waals surface area (Å²) in [6.07, 6.45) is 3.19. The number of rotatable bonds is 9. The van der Waals surface area contributed by atoms with Crippen molar-refractivity contribution < 1.29 is 19.4 Å². The van der Waals surface area contributed by atoms with Crippen LogP contribution in [0.4, 0.5) is 0 Å². The molecular weight excluding hydrogens is 246 g/mol. The van der Waals surface area contributed by atoms with Crippen molar-refractivity contribution >= 4 is 11.9 Å². The maximum atomic E-state index is 12.0. The van der Waals surface area contributed by atoms with Crippen LogP contribution in [0.15, 0.2) is 0 Å². The third-order valence-electron chi connectivity index (χ3n) is 3.33. The number of methoxy groups -OCH3 is 1. The number of hydrogen-bond acceptors (Lipinski definition) is 4. The van der Waals surface area contributed by atoms with Gasteiger partial charge in [-0.3, -0.25) is 4.90 Å². The van der Waals surface area contributed by atoms with Crippen molar-refractivity contribution in [2.45, 2.75) is 52.0 Å². The molecular formula is C14H27NO4. The number of ether oxygens (including phenoxy) is 1. The lowest BCUT2D eigenvalue weighted by atomic mass is 9.87. The van der Waals surface area contributed by atoms with Crippen LogP contribution in [0.5, 0.6) is 0 Å². The van der Waals surface area contributed by atoms with Gasteiger partial charge in [0.25, 0.3) is 0 Å². The van der Waals surface area contributed by atoms with E-state index in [0.717, 1.165) is 19.3 Å². The normalized spacial score (nSPS) is 14.5. The molecule has 0 fully saturated rings. The Labute approximate surface area is 115 Å². The van der Waals surface area contributed by atoms with Crippen LogP contribution in [0.1, 0.15) is 46.5 Å². The van der Waals surface area contributed by atoms with Gasteiger partial charge in [-0.25, -0.2) is 9.59 Å².